The quantitative estimate of drug-likeness (QED) is 0.774. The van der Waals surface area contributed by atoms with Crippen LogP contribution < -0.4 is 0 Å². The molecule has 0 fully saturated rings. The third kappa shape index (κ3) is 4.98. The molecule has 1 aromatic carbocycles. The summed E-state index contributed by atoms with van der Waals surface area (Å²) in [6, 6.07) is 5.62. The van der Waals surface area contributed by atoms with Crippen molar-refractivity contribution in [1.82, 2.24) is 4.90 Å². The molecule has 0 heterocycles. The maximum absolute atomic E-state index is 13.3. The molecule has 0 aromatic heterocycles. The highest BCUT2D eigenvalue weighted by atomic mass is 79.9. The molecule has 0 N–H and O–H groups in total. The number of nitrogens with zero attached hydrogens (tertiary/aromatic N) is 1. The van der Waals surface area contributed by atoms with Crippen LogP contribution >= 0.6 is 27.7 Å². The van der Waals surface area contributed by atoms with Crippen molar-refractivity contribution < 1.29 is 4.39 Å². The summed E-state index contributed by atoms with van der Waals surface area (Å²) in [4.78, 5) is 2.29. The summed E-state index contributed by atoms with van der Waals surface area (Å²) < 4.78 is 14.1. The SMILES string of the molecule is CCC(CSC)N(C)Cc1cc(F)cc(Br)c1. The average Bonchev–Trinajstić information content (AvgIpc) is 2.24. The highest BCUT2D eigenvalue weighted by molar-refractivity contribution is 9.10. The standard InChI is InChI=1S/C13H19BrFNS/c1-4-13(9-17-3)16(2)8-10-5-11(14)7-12(15)6-10/h5-7,13H,4,8-9H2,1-3H3. The Morgan fingerprint density at radius 3 is 2.65 bits per heavy atom. The number of thioether (sulfide) groups is 1. The van der Waals surface area contributed by atoms with Gasteiger partial charge in [-0.15, -0.1) is 0 Å². The van der Waals surface area contributed by atoms with E-state index in [-0.39, 0.29) is 5.82 Å². The molecule has 0 spiro atoms. The number of halogens is 2. The Bertz CT molecular complexity index is 339. The van der Waals surface area contributed by atoms with Crippen LogP contribution in [0.3, 0.4) is 0 Å². The summed E-state index contributed by atoms with van der Waals surface area (Å²) >= 11 is 5.18. The molecular formula is C13H19BrFNS. The summed E-state index contributed by atoms with van der Waals surface area (Å²) in [5.41, 5.74) is 1.01. The zero-order valence-electron chi connectivity index (χ0n) is 10.5. The monoisotopic (exact) mass is 319 g/mol. The lowest BCUT2D eigenvalue weighted by atomic mass is 10.1. The Morgan fingerprint density at radius 1 is 1.41 bits per heavy atom. The van der Waals surface area contributed by atoms with Crippen LogP contribution in [0.2, 0.25) is 0 Å². The van der Waals surface area contributed by atoms with Gasteiger partial charge in [-0.3, -0.25) is 4.90 Å². The molecular weight excluding hydrogens is 301 g/mol. The number of rotatable bonds is 6. The zero-order valence-corrected chi connectivity index (χ0v) is 12.9. The van der Waals surface area contributed by atoms with Crippen molar-refractivity contribution in [1.29, 1.82) is 0 Å². The first-order chi connectivity index (χ1) is 8.06. The number of hydrogen-bond acceptors (Lipinski definition) is 2. The summed E-state index contributed by atoms with van der Waals surface area (Å²) in [6.45, 7) is 2.98. The van der Waals surface area contributed by atoms with Gasteiger partial charge in [-0.2, -0.15) is 11.8 Å². The van der Waals surface area contributed by atoms with E-state index in [1.807, 2.05) is 17.8 Å². The summed E-state index contributed by atoms with van der Waals surface area (Å²) in [7, 11) is 2.10. The summed E-state index contributed by atoms with van der Waals surface area (Å²) in [6.07, 6.45) is 3.24. The van der Waals surface area contributed by atoms with E-state index in [1.165, 1.54) is 6.07 Å². The minimum absolute atomic E-state index is 0.180. The molecule has 1 aromatic rings. The van der Waals surface area contributed by atoms with Gasteiger partial charge in [-0.1, -0.05) is 22.9 Å². The summed E-state index contributed by atoms with van der Waals surface area (Å²) in [5, 5.41) is 0. The molecule has 0 saturated carbocycles. The molecule has 96 valence electrons. The molecule has 1 rings (SSSR count). The fourth-order valence-corrected chi connectivity index (χ4v) is 3.26. The highest BCUT2D eigenvalue weighted by Crippen LogP contribution is 2.18. The second-order valence-corrected chi connectivity index (χ2v) is 6.04. The van der Waals surface area contributed by atoms with E-state index in [0.29, 0.717) is 6.04 Å². The smallest absolute Gasteiger partial charge is 0.124 e. The van der Waals surface area contributed by atoms with Gasteiger partial charge in [-0.05, 0) is 43.5 Å². The van der Waals surface area contributed by atoms with E-state index in [4.69, 9.17) is 0 Å². The molecule has 0 saturated heterocycles. The summed E-state index contributed by atoms with van der Waals surface area (Å²) in [5.74, 6) is 0.935. The Morgan fingerprint density at radius 2 is 2.12 bits per heavy atom. The van der Waals surface area contributed by atoms with Crippen LogP contribution in [-0.2, 0) is 6.54 Å². The van der Waals surface area contributed by atoms with Gasteiger partial charge in [0.25, 0.3) is 0 Å². The molecule has 0 radical (unpaired) electrons. The fraction of sp³-hybridized carbons (Fsp3) is 0.538. The van der Waals surface area contributed by atoms with E-state index >= 15 is 0 Å². The predicted molar refractivity (Wildman–Crippen MR) is 78.0 cm³/mol. The Balaban J connectivity index is 2.68. The van der Waals surface area contributed by atoms with Gasteiger partial charge >= 0.3 is 0 Å². The van der Waals surface area contributed by atoms with Gasteiger partial charge in [0, 0.05) is 22.8 Å². The van der Waals surface area contributed by atoms with Gasteiger partial charge in [-0.25, -0.2) is 4.39 Å². The van der Waals surface area contributed by atoms with Crippen LogP contribution in [0.4, 0.5) is 4.39 Å². The average molecular weight is 320 g/mol. The lowest BCUT2D eigenvalue weighted by Gasteiger charge is -2.26. The third-order valence-corrected chi connectivity index (χ3v) is 3.98. The molecule has 0 aliphatic heterocycles. The predicted octanol–water partition coefficient (Wildman–Crippen LogP) is 4.16. The molecule has 4 heteroatoms. The Labute approximate surface area is 116 Å². The van der Waals surface area contributed by atoms with Crippen LogP contribution in [0.25, 0.3) is 0 Å². The second-order valence-electron chi connectivity index (χ2n) is 4.21. The van der Waals surface area contributed by atoms with Crippen molar-refractivity contribution in [3.63, 3.8) is 0 Å². The maximum atomic E-state index is 13.3. The van der Waals surface area contributed by atoms with Crippen LogP contribution in [0.15, 0.2) is 22.7 Å². The topological polar surface area (TPSA) is 3.24 Å². The molecule has 1 nitrogen and oxygen atoms in total. The van der Waals surface area contributed by atoms with Gasteiger partial charge in [0.1, 0.15) is 5.82 Å². The van der Waals surface area contributed by atoms with Crippen LogP contribution in [0.1, 0.15) is 18.9 Å². The van der Waals surface area contributed by atoms with Crippen molar-refractivity contribution in [2.45, 2.75) is 25.9 Å². The largest absolute Gasteiger partial charge is 0.298 e. The van der Waals surface area contributed by atoms with Crippen LogP contribution in [-0.4, -0.2) is 30.0 Å². The first-order valence-electron chi connectivity index (χ1n) is 5.71. The van der Waals surface area contributed by atoms with E-state index in [0.717, 1.165) is 28.8 Å². The minimum Gasteiger partial charge on any atom is -0.298 e. The normalized spacial score (nSPS) is 13.1. The van der Waals surface area contributed by atoms with Crippen molar-refractivity contribution in [2.24, 2.45) is 0 Å². The van der Waals surface area contributed by atoms with E-state index < -0.39 is 0 Å². The molecule has 1 unspecified atom stereocenters. The van der Waals surface area contributed by atoms with Crippen molar-refractivity contribution in [2.75, 3.05) is 19.1 Å². The first kappa shape index (κ1) is 15.0. The second kappa shape index (κ2) is 7.39. The minimum atomic E-state index is -0.180. The molecule has 1 atom stereocenters. The molecule has 0 amide bonds. The molecule has 0 aliphatic carbocycles. The van der Waals surface area contributed by atoms with Crippen molar-refractivity contribution in [3.05, 3.63) is 34.1 Å². The van der Waals surface area contributed by atoms with Gasteiger partial charge in [0.2, 0.25) is 0 Å². The molecule has 0 bridgehead atoms. The Hall–Kier alpha value is -0.0600. The zero-order chi connectivity index (χ0) is 12.8. The number of benzene rings is 1. The molecule has 0 aliphatic rings. The van der Waals surface area contributed by atoms with E-state index in [9.17, 15) is 4.39 Å². The lowest BCUT2D eigenvalue weighted by molar-refractivity contribution is 0.247. The Kier molecular flexibility index (Phi) is 6.52. The van der Waals surface area contributed by atoms with Gasteiger partial charge in [0.15, 0.2) is 0 Å². The van der Waals surface area contributed by atoms with Gasteiger partial charge < -0.3 is 0 Å². The lowest BCUT2D eigenvalue weighted by Crippen LogP contribution is -2.32. The van der Waals surface area contributed by atoms with Crippen molar-refractivity contribution in [3.8, 4) is 0 Å². The van der Waals surface area contributed by atoms with Gasteiger partial charge in [0.05, 0.1) is 0 Å². The fourth-order valence-electron chi connectivity index (χ4n) is 1.87. The maximum Gasteiger partial charge on any atom is 0.124 e. The molecule has 17 heavy (non-hydrogen) atoms. The first-order valence-corrected chi connectivity index (χ1v) is 7.89. The number of hydrogen-bond donors (Lipinski definition) is 0. The van der Waals surface area contributed by atoms with Crippen LogP contribution in [0.5, 0.6) is 0 Å². The third-order valence-electron chi connectivity index (χ3n) is 2.81. The van der Waals surface area contributed by atoms with Crippen LogP contribution in [0, 0.1) is 5.82 Å². The van der Waals surface area contributed by atoms with E-state index in [2.05, 4.69) is 41.1 Å². The highest BCUT2D eigenvalue weighted by Gasteiger charge is 2.12. The van der Waals surface area contributed by atoms with Crippen molar-refractivity contribution >= 4 is 27.7 Å². The van der Waals surface area contributed by atoms with E-state index in [1.54, 1.807) is 6.07 Å².